The zero-order valence-corrected chi connectivity index (χ0v) is 13.7. The molecule has 1 aliphatic carbocycles. The van der Waals surface area contributed by atoms with Gasteiger partial charge in [-0.1, -0.05) is 6.07 Å². The molecule has 0 unspecified atom stereocenters. The summed E-state index contributed by atoms with van der Waals surface area (Å²) in [7, 11) is 0. The van der Waals surface area contributed by atoms with Crippen LogP contribution in [0.2, 0.25) is 0 Å². The van der Waals surface area contributed by atoms with Gasteiger partial charge in [0.15, 0.2) is 5.65 Å². The van der Waals surface area contributed by atoms with Gasteiger partial charge in [-0.15, -0.1) is 0 Å². The summed E-state index contributed by atoms with van der Waals surface area (Å²) in [6, 6.07) is 10.4. The van der Waals surface area contributed by atoms with E-state index in [0.29, 0.717) is 23.0 Å². The molecule has 25 heavy (non-hydrogen) atoms. The van der Waals surface area contributed by atoms with Gasteiger partial charge in [0.05, 0.1) is 11.9 Å². The van der Waals surface area contributed by atoms with E-state index in [1.54, 1.807) is 40.9 Å². The van der Waals surface area contributed by atoms with Crippen molar-refractivity contribution in [3.05, 3.63) is 54.0 Å². The molecule has 1 fully saturated rings. The molecule has 2 amide bonds. The molecule has 0 radical (unpaired) electrons. The maximum absolute atomic E-state index is 12.4. The van der Waals surface area contributed by atoms with Crippen molar-refractivity contribution in [3.63, 3.8) is 0 Å². The standard InChI is InChI=1S/C18H17N5O2/c1-11(24)19-13-3-2-4-14(9-13)20-18(25)15-7-8-17-21-16(12-5-6-12)10-23(17)22-15/h2-4,7-10,12H,5-6H2,1H3,(H,19,24)(H,20,25). The van der Waals surface area contributed by atoms with Crippen LogP contribution in [0.1, 0.15) is 41.9 Å². The lowest BCUT2D eigenvalue weighted by Gasteiger charge is -2.07. The number of amides is 2. The average Bonchev–Trinajstić information content (AvgIpc) is 3.33. The van der Waals surface area contributed by atoms with Crippen molar-refractivity contribution in [1.82, 2.24) is 14.6 Å². The lowest BCUT2D eigenvalue weighted by Crippen LogP contribution is -2.15. The van der Waals surface area contributed by atoms with Crippen molar-refractivity contribution < 1.29 is 9.59 Å². The summed E-state index contributed by atoms with van der Waals surface area (Å²) in [6.45, 7) is 1.44. The third-order valence-corrected chi connectivity index (χ3v) is 4.01. The van der Waals surface area contributed by atoms with Gasteiger partial charge in [-0.2, -0.15) is 5.10 Å². The van der Waals surface area contributed by atoms with Gasteiger partial charge in [0, 0.05) is 24.2 Å². The Morgan fingerprint density at radius 2 is 1.88 bits per heavy atom. The van der Waals surface area contributed by atoms with Gasteiger partial charge in [-0.3, -0.25) is 9.59 Å². The molecule has 2 N–H and O–H groups in total. The van der Waals surface area contributed by atoms with Gasteiger partial charge in [-0.05, 0) is 43.2 Å². The number of carbonyl (C=O) groups is 2. The third kappa shape index (κ3) is 3.35. The quantitative estimate of drug-likeness (QED) is 0.767. The van der Waals surface area contributed by atoms with Crippen LogP contribution in [0.5, 0.6) is 0 Å². The van der Waals surface area contributed by atoms with Gasteiger partial charge in [-0.25, -0.2) is 9.50 Å². The number of hydrogen-bond donors (Lipinski definition) is 2. The summed E-state index contributed by atoms with van der Waals surface area (Å²) in [5.41, 5.74) is 3.29. The number of fused-ring (bicyclic) bond motifs is 1. The van der Waals surface area contributed by atoms with Gasteiger partial charge in [0.2, 0.25) is 5.91 Å². The van der Waals surface area contributed by atoms with Gasteiger partial charge >= 0.3 is 0 Å². The van der Waals surface area contributed by atoms with Crippen molar-refractivity contribution >= 4 is 28.8 Å². The second kappa shape index (κ2) is 6.01. The van der Waals surface area contributed by atoms with E-state index in [1.807, 2.05) is 6.20 Å². The second-order valence-corrected chi connectivity index (χ2v) is 6.18. The normalized spacial score (nSPS) is 13.6. The molecule has 0 bridgehead atoms. The molecule has 0 saturated heterocycles. The molecule has 2 aromatic heterocycles. The fourth-order valence-corrected chi connectivity index (χ4v) is 2.67. The minimum Gasteiger partial charge on any atom is -0.326 e. The molecule has 4 rings (SSSR count). The largest absolute Gasteiger partial charge is 0.326 e. The fourth-order valence-electron chi connectivity index (χ4n) is 2.67. The summed E-state index contributed by atoms with van der Waals surface area (Å²) in [6.07, 6.45) is 4.23. The first-order chi connectivity index (χ1) is 12.1. The molecule has 7 nitrogen and oxygen atoms in total. The van der Waals surface area contributed by atoms with E-state index in [4.69, 9.17) is 0 Å². The van der Waals surface area contributed by atoms with Gasteiger partial charge in [0.1, 0.15) is 5.69 Å². The summed E-state index contributed by atoms with van der Waals surface area (Å²) >= 11 is 0. The van der Waals surface area contributed by atoms with Crippen LogP contribution in [-0.4, -0.2) is 26.4 Å². The van der Waals surface area contributed by atoms with Crippen LogP contribution in [0.15, 0.2) is 42.6 Å². The molecular weight excluding hydrogens is 318 g/mol. The highest BCUT2D eigenvalue weighted by atomic mass is 16.2. The van der Waals surface area contributed by atoms with Crippen LogP contribution in [-0.2, 0) is 4.79 Å². The molecular formula is C18H17N5O2. The minimum atomic E-state index is -0.316. The van der Waals surface area contributed by atoms with E-state index in [2.05, 4.69) is 20.7 Å². The number of benzene rings is 1. The first-order valence-electron chi connectivity index (χ1n) is 8.14. The van der Waals surface area contributed by atoms with E-state index in [0.717, 1.165) is 11.3 Å². The molecule has 2 heterocycles. The number of hydrogen-bond acceptors (Lipinski definition) is 4. The van der Waals surface area contributed by atoms with Crippen LogP contribution >= 0.6 is 0 Å². The number of anilines is 2. The molecule has 126 valence electrons. The molecule has 1 aromatic carbocycles. The molecule has 7 heteroatoms. The first-order valence-corrected chi connectivity index (χ1v) is 8.14. The molecule has 1 aliphatic rings. The van der Waals surface area contributed by atoms with Gasteiger partial charge < -0.3 is 10.6 Å². The Kier molecular flexibility index (Phi) is 3.68. The minimum absolute atomic E-state index is 0.165. The van der Waals surface area contributed by atoms with Crippen LogP contribution in [0.3, 0.4) is 0 Å². The highest BCUT2D eigenvalue weighted by Crippen LogP contribution is 2.39. The number of imidazole rings is 1. The maximum atomic E-state index is 12.4. The number of nitrogens with zero attached hydrogens (tertiary/aromatic N) is 3. The highest BCUT2D eigenvalue weighted by molar-refractivity contribution is 6.03. The Morgan fingerprint density at radius 1 is 1.12 bits per heavy atom. The zero-order chi connectivity index (χ0) is 17.4. The average molecular weight is 335 g/mol. The number of aromatic nitrogens is 3. The molecule has 0 spiro atoms. The van der Waals surface area contributed by atoms with Crippen LogP contribution in [0.25, 0.3) is 5.65 Å². The van der Waals surface area contributed by atoms with E-state index in [9.17, 15) is 9.59 Å². The van der Waals surface area contributed by atoms with E-state index in [-0.39, 0.29) is 11.8 Å². The van der Waals surface area contributed by atoms with Crippen molar-refractivity contribution in [2.24, 2.45) is 0 Å². The lowest BCUT2D eigenvalue weighted by molar-refractivity contribution is -0.114. The number of carbonyl (C=O) groups excluding carboxylic acids is 2. The molecule has 0 aliphatic heterocycles. The number of nitrogens with one attached hydrogen (secondary N) is 2. The smallest absolute Gasteiger partial charge is 0.276 e. The van der Waals surface area contributed by atoms with E-state index >= 15 is 0 Å². The van der Waals surface area contributed by atoms with Crippen LogP contribution in [0, 0.1) is 0 Å². The summed E-state index contributed by atoms with van der Waals surface area (Å²) in [4.78, 5) is 28.1. The summed E-state index contributed by atoms with van der Waals surface area (Å²) < 4.78 is 1.65. The Labute approximate surface area is 144 Å². The Balaban J connectivity index is 1.54. The highest BCUT2D eigenvalue weighted by Gasteiger charge is 2.26. The summed E-state index contributed by atoms with van der Waals surface area (Å²) in [5.74, 6) is 0.0567. The second-order valence-electron chi connectivity index (χ2n) is 6.18. The van der Waals surface area contributed by atoms with Crippen molar-refractivity contribution in [2.45, 2.75) is 25.7 Å². The van der Waals surface area contributed by atoms with Crippen LogP contribution < -0.4 is 10.6 Å². The summed E-state index contributed by atoms with van der Waals surface area (Å²) in [5, 5.41) is 9.82. The molecule has 1 saturated carbocycles. The maximum Gasteiger partial charge on any atom is 0.276 e. The lowest BCUT2D eigenvalue weighted by atomic mass is 10.2. The fraction of sp³-hybridized carbons (Fsp3) is 0.222. The molecule has 0 atom stereocenters. The topological polar surface area (TPSA) is 88.4 Å². The molecule has 3 aromatic rings. The zero-order valence-electron chi connectivity index (χ0n) is 13.7. The third-order valence-electron chi connectivity index (χ3n) is 4.01. The van der Waals surface area contributed by atoms with Crippen molar-refractivity contribution in [2.75, 3.05) is 10.6 Å². The predicted octanol–water partition coefficient (Wildman–Crippen LogP) is 2.82. The Bertz CT molecular complexity index is 975. The SMILES string of the molecule is CC(=O)Nc1cccc(NC(=O)c2ccc3nc(C4CC4)cn3n2)c1. The van der Waals surface area contributed by atoms with E-state index in [1.165, 1.54) is 19.8 Å². The Hall–Kier alpha value is -3.22. The van der Waals surface area contributed by atoms with Crippen LogP contribution in [0.4, 0.5) is 11.4 Å². The predicted molar refractivity (Wildman–Crippen MR) is 93.7 cm³/mol. The Morgan fingerprint density at radius 3 is 2.60 bits per heavy atom. The number of rotatable bonds is 4. The van der Waals surface area contributed by atoms with Gasteiger partial charge in [0.25, 0.3) is 5.91 Å². The van der Waals surface area contributed by atoms with E-state index < -0.39 is 0 Å². The van der Waals surface area contributed by atoms with Crippen molar-refractivity contribution in [1.29, 1.82) is 0 Å². The monoisotopic (exact) mass is 335 g/mol. The first kappa shape index (κ1) is 15.3. The van der Waals surface area contributed by atoms with Crippen molar-refractivity contribution in [3.8, 4) is 0 Å².